The Balaban J connectivity index is 0.000000279. The highest BCUT2D eigenvalue weighted by atomic mass is 14.7. The second-order valence-corrected chi connectivity index (χ2v) is 10.4. The summed E-state index contributed by atoms with van der Waals surface area (Å²) >= 11 is 0. The molecule has 0 saturated heterocycles. The van der Waals surface area contributed by atoms with Gasteiger partial charge in [-0.25, -0.2) is 4.85 Å². The minimum atomic E-state index is 0.403. The lowest BCUT2D eigenvalue weighted by Crippen LogP contribution is -1.95. The fraction of sp³-hybridized carbons (Fsp3) is 0.382. The van der Waals surface area contributed by atoms with Crippen LogP contribution in [0.15, 0.2) is 48.5 Å². The number of hydrogen-bond acceptors (Lipinski definition) is 0. The summed E-state index contributed by atoms with van der Waals surface area (Å²) in [5, 5.41) is 0. The number of nitrogens with zero attached hydrogens (tertiary/aromatic N) is 3. The van der Waals surface area contributed by atoms with Crippen LogP contribution in [-0.2, 0) is 0 Å². The quantitative estimate of drug-likeness (QED) is 0.323. The van der Waals surface area contributed by atoms with Crippen molar-refractivity contribution in [2.45, 2.75) is 87.0 Å². The van der Waals surface area contributed by atoms with Gasteiger partial charge in [0.15, 0.2) is 17.1 Å². The summed E-state index contributed by atoms with van der Waals surface area (Å²) in [5.74, 6) is 1.59. The highest BCUT2D eigenvalue weighted by Crippen LogP contribution is 2.31. The third kappa shape index (κ3) is 9.26. The van der Waals surface area contributed by atoms with Crippen LogP contribution in [0.25, 0.3) is 14.5 Å². The van der Waals surface area contributed by atoms with Crippen molar-refractivity contribution in [3.8, 4) is 0 Å². The molecule has 3 nitrogen and oxygen atoms in total. The molecule has 0 unspecified atom stereocenters. The molecule has 3 aromatic carbocycles. The van der Waals surface area contributed by atoms with E-state index in [4.69, 9.17) is 19.7 Å². The standard InChI is InChI=1S/C12H15N.C11H10N2.C11H16/c1-8(2)12-9(3)6-11(13-5)7-10(12)4;1-8(2)9-5-6-10(12-3)11(7-9)13-4;1-8(2)11-6-5-9(3)7-10(11)4/h6-8H,1-4H3;5-8H,1-2H3;5-8H,1-4H3. The number of benzene rings is 3. The topological polar surface area (TPSA) is 13.1 Å². The molecule has 0 N–H and O–H groups in total. The molecule has 0 bridgehead atoms. The average molecular weight is 492 g/mol. The first-order valence-corrected chi connectivity index (χ1v) is 12.8. The van der Waals surface area contributed by atoms with Gasteiger partial charge in [0.25, 0.3) is 0 Å². The lowest BCUT2D eigenvalue weighted by molar-refractivity contribution is 0.847. The van der Waals surface area contributed by atoms with Gasteiger partial charge in [-0.05, 0) is 62.1 Å². The molecular weight excluding hydrogens is 450 g/mol. The van der Waals surface area contributed by atoms with Gasteiger partial charge < -0.3 is 0 Å². The van der Waals surface area contributed by atoms with E-state index in [2.05, 4.69) is 102 Å². The monoisotopic (exact) mass is 491 g/mol. The maximum atomic E-state index is 6.94. The number of hydrogen-bond donors (Lipinski definition) is 0. The Kier molecular flexibility index (Phi) is 12.3. The first kappa shape index (κ1) is 31.2. The minimum absolute atomic E-state index is 0.403. The molecule has 0 aromatic heterocycles. The average Bonchev–Trinajstić information content (AvgIpc) is 2.83. The van der Waals surface area contributed by atoms with Crippen molar-refractivity contribution in [2.75, 3.05) is 0 Å². The van der Waals surface area contributed by atoms with Gasteiger partial charge in [-0.15, -0.1) is 0 Å². The summed E-state index contributed by atoms with van der Waals surface area (Å²) in [5.41, 5.74) is 10.9. The molecule has 3 aromatic rings. The van der Waals surface area contributed by atoms with E-state index < -0.39 is 0 Å². The molecule has 0 aliphatic rings. The highest BCUT2D eigenvalue weighted by Gasteiger charge is 2.08. The van der Waals surface area contributed by atoms with Gasteiger partial charge in [0.05, 0.1) is 19.7 Å². The van der Waals surface area contributed by atoms with Gasteiger partial charge in [0.1, 0.15) is 0 Å². The summed E-state index contributed by atoms with van der Waals surface area (Å²) < 4.78 is 0. The van der Waals surface area contributed by atoms with Crippen molar-refractivity contribution >= 4 is 17.1 Å². The molecule has 0 fully saturated rings. The van der Waals surface area contributed by atoms with Gasteiger partial charge in [-0.1, -0.05) is 112 Å². The van der Waals surface area contributed by atoms with E-state index in [1.165, 1.54) is 33.4 Å². The highest BCUT2D eigenvalue weighted by molar-refractivity contribution is 5.71. The first-order valence-electron chi connectivity index (χ1n) is 12.8. The summed E-state index contributed by atoms with van der Waals surface area (Å²) in [6.07, 6.45) is 0. The number of rotatable bonds is 3. The predicted octanol–water partition coefficient (Wildman–Crippen LogP) is 11.3. The van der Waals surface area contributed by atoms with Crippen molar-refractivity contribution in [3.63, 3.8) is 0 Å². The summed E-state index contributed by atoms with van der Waals surface area (Å²) in [6.45, 7) is 42.2. The van der Waals surface area contributed by atoms with E-state index in [0.717, 1.165) is 11.3 Å². The Morgan fingerprint density at radius 2 is 1.11 bits per heavy atom. The van der Waals surface area contributed by atoms with Crippen LogP contribution in [0, 0.1) is 47.4 Å². The Bertz CT molecular complexity index is 1300. The zero-order valence-corrected chi connectivity index (χ0v) is 24.2. The van der Waals surface area contributed by atoms with Crippen molar-refractivity contribution in [1.82, 2.24) is 0 Å². The zero-order valence-electron chi connectivity index (χ0n) is 24.2. The molecule has 0 saturated carbocycles. The van der Waals surface area contributed by atoms with E-state index in [0.29, 0.717) is 29.1 Å². The van der Waals surface area contributed by atoms with Gasteiger partial charge in [0, 0.05) is 0 Å². The van der Waals surface area contributed by atoms with Crippen LogP contribution in [0.5, 0.6) is 0 Å². The van der Waals surface area contributed by atoms with E-state index in [1.807, 2.05) is 18.2 Å². The van der Waals surface area contributed by atoms with Crippen LogP contribution in [0.3, 0.4) is 0 Å². The molecule has 0 aliphatic carbocycles. The Morgan fingerprint density at radius 1 is 0.541 bits per heavy atom. The molecule has 3 heteroatoms. The molecular formula is C34H41N3. The summed E-state index contributed by atoms with van der Waals surface area (Å²) in [4.78, 5) is 10.0. The van der Waals surface area contributed by atoms with Gasteiger partial charge in [-0.2, -0.15) is 0 Å². The number of aryl methyl sites for hydroxylation is 4. The fourth-order valence-electron chi connectivity index (χ4n) is 4.48. The van der Waals surface area contributed by atoms with Gasteiger partial charge in [0.2, 0.25) is 0 Å². The lowest BCUT2D eigenvalue weighted by atomic mass is 9.93. The summed E-state index contributed by atoms with van der Waals surface area (Å²) in [7, 11) is 0. The maximum Gasteiger partial charge on any atom is 0.194 e. The van der Waals surface area contributed by atoms with Crippen LogP contribution in [0.2, 0.25) is 0 Å². The molecule has 0 aliphatic heterocycles. The van der Waals surface area contributed by atoms with Crippen molar-refractivity contribution < 1.29 is 0 Å². The van der Waals surface area contributed by atoms with Crippen LogP contribution in [0.4, 0.5) is 17.1 Å². The smallest absolute Gasteiger partial charge is 0.194 e. The van der Waals surface area contributed by atoms with E-state index in [9.17, 15) is 0 Å². The normalized spacial score (nSPS) is 10.0. The Hall–Kier alpha value is -3.87. The molecule has 192 valence electrons. The second kappa shape index (κ2) is 14.6. The van der Waals surface area contributed by atoms with Crippen LogP contribution in [-0.4, -0.2) is 0 Å². The van der Waals surface area contributed by atoms with E-state index >= 15 is 0 Å². The molecule has 3 rings (SSSR count). The van der Waals surface area contributed by atoms with E-state index in [1.54, 1.807) is 12.1 Å². The molecule has 0 amide bonds. The SMILES string of the molecule is Cc1ccc(C(C)C)c(C)c1.[C-]#[N+]c1cc(C)c(C(C)C)c(C)c1.[C-]#[N+]c1ccc(C(C)C)cc1[N+]#[C-]. The first-order chi connectivity index (χ1) is 17.4. The fourth-order valence-corrected chi connectivity index (χ4v) is 4.48. The van der Waals surface area contributed by atoms with Crippen molar-refractivity contribution in [1.29, 1.82) is 0 Å². The third-order valence-electron chi connectivity index (χ3n) is 6.24. The van der Waals surface area contributed by atoms with Gasteiger partial charge in [-0.3, -0.25) is 9.69 Å². The van der Waals surface area contributed by atoms with Crippen molar-refractivity contribution in [3.05, 3.63) is 122 Å². The van der Waals surface area contributed by atoms with E-state index in [-0.39, 0.29) is 0 Å². The minimum Gasteiger partial charge on any atom is -0.250 e. The van der Waals surface area contributed by atoms with Crippen LogP contribution in [0.1, 0.15) is 98.2 Å². The Morgan fingerprint density at radius 3 is 1.51 bits per heavy atom. The molecule has 0 atom stereocenters. The second-order valence-electron chi connectivity index (χ2n) is 10.4. The maximum absolute atomic E-state index is 6.94. The van der Waals surface area contributed by atoms with Gasteiger partial charge >= 0.3 is 0 Å². The molecule has 0 spiro atoms. The van der Waals surface area contributed by atoms with Crippen molar-refractivity contribution in [2.24, 2.45) is 0 Å². The predicted molar refractivity (Wildman–Crippen MR) is 159 cm³/mol. The van der Waals surface area contributed by atoms with Crippen LogP contribution >= 0.6 is 0 Å². The zero-order chi connectivity index (χ0) is 28.3. The third-order valence-corrected chi connectivity index (χ3v) is 6.24. The lowest BCUT2D eigenvalue weighted by Gasteiger charge is -2.13. The molecule has 0 heterocycles. The molecule has 37 heavy (non-hydrogen) atoms. The largest absolute Gasteiger partial charge is 0.250 e. The summed E-state index contributed by atoms with van der Waals surface area (Å²) in [6, 6.07) is 16.0. The molecule has 0 radical (unpaired) electrons. The Labute approximate surface area is 225 Å². The van der Waals surface area contributed by atoms with Crippen LogP contribution < -0.4 is 0 Å².